The molecule has 0 aliphatic heterocycles. The van der Waals surface area contributed by atoms with Crippen LogP contribution in [0.25, 0.3) is 0 Å². The van der Waals surface area contributed by atoms with Crippen LogP contribution in [0.15, 0.2) is 18.2 Å². The molecule has 0 aromatic heterocycles. The lowest BCUT2D eigenvalue weighted by atomic mass is 10.0. The summed E-state index contributed by atoms with van der Waals surface area (Å²) in [4.78, 5) is 14.5. The van der Waals surface area contributed by atoms with E-state index < -0.39 is 0 Å². The summed E-state index contributed by atoms with van der Waals surface area (Å²) in [5.74, 6) is 6.90. The number of nitrogens with zero attached hydrogens (tertiary/aromatic N) is 1. The lowest BCUT2D eigenvalue weighted by molar-refractivity contribution is 0.0741. The number of carbonyl (C=O) groups excluding carboxylic acids is 1. The second-order valence-corrected chi connectivity index (χ2v) is 6.09. The third-order valence-corrected chi connectivity index (χ3v) is 4.10. The third-order valence-electron chi connectivity index (χ3n) is 3.45. The fourth-order valence-electron chi connectivity index (χ4n) is 1.97. The molecule has 1 amide bonds. The minimum atomic E-state index is 0.0184. The minimum Gasteiger partial charge on any atom is -0.339 e. The van der Waals surface area contributed by atoms with Crippen LogP contribution in [-0.4, -0.2) is 42.4 Å². The molecule has 0 aliphatic rings. The van der Waals surface area contributed by atoms with Crippen LogP contribution >= 0.6 is 11.8 Å². The van der Waals surface area contributed by atoms with Gasteiger partial charge < -0.3 is 10.6 Å². The molecule has 3 nitrogen and oxygen atoms in total. The largest absolute Gasteiger partial charge is 0.339 e. The van der Waals surface area contributed by atoms with Gasteiger partial charge in [-0.2, -0.15) is 11.8 Å². The molecule has 0 aliphatic carbocycles. The van der Waals surface area contributed by atoms with Gasteiger partial charge in [-0.1, -0.05) is 17.9 Å². The zero-order valence-electron chi connectivity index (χ0n) is 13.3. The van der Waals surface area contributed by atoms with E-state index in [1.165, 1.54) is 0 Å². The Balaban J connectivity index is 3.00. The Morgan fingerprint density at radius 1 is 1.48 bits per heavy atom. The lowest BCUT2D eigenvalue weighted by Crippen LogP contribution is -2.35. The summed E-state index contributed by atoms with van der Waals surface area (Å²) < 4.78 is 0. The van der Waals surface area contributed by atoms with Crippen molar-refractivity contribution in [3.05, 3.63) is 34.9 Å². The van der Waals surface area contributed by atoms with Crippen LogP contribution in [-0.2, 0) is 0 Å². The zero-order valence-corrected chi connectivity index (χ0v) is 14.1. The summed E-state index contributed by atoms with van der Waals surface area (Å²) in [7, 11) is 1.85. The van der Waals surface area contributed by atoms with E-state index in [0.29, 0.717) is 12.1 Å². The van der Waals surface area contributed by atoms with E-state index in [0.717, 1.165) is 23.3 Å². The number of nitrogens with two attached hydrogens (primary N) is 1. The van der Waals surface area contributed by atoms with Crippen molar-refractivity contribution < 1.29 is 4.79 Å². The highest BCUT2D eigenvalue weighted by molar-refractivity contribution is 7.98. The molecule has 0 heterocycles. The monoisotopic (exact) mass is 304 g/mol. The van der Waals surface area contributed by atoms with Gasteiger partial charge in [-0.25, -0.2) is 0 Å². The number of hydrogen-bond donors (Lipinski definition) is 1. The van der Waals surface area contributed by atoms with Gasteiger partial charge in [-0.3, -0.25) is 4.79 Å². The molecule has 1 unspecified atom stereocenters. The SMILES string of the molecule is CSCCC(C)N(C)C(=O)c1ccc(C)cc1C#CCN. The molecule has 0 bridgehead atoms. The maximum Gasteiger partial charge on any atom is 0.255 e. The summed E-state index contributed by atoms with van der Waals surface area (Å²) in [6, 6.07) is 5.95. The topological polar surface area (TPSA) is 46.3 Å². The zero-order chi connectivity index (χ0) is 15.8. The van der Waals surface area contributed by atoms with Gasteiger partial charge in [0.15, 0.2) is 0 Å². The van der Waals surface area contributed by atoms with E-state index in [1.807, 2.05) is 32.2 Å². The molecule has 1 atom stereocenters. The first-order valence-electron chi connectivity index (χ1n) is 7.07. The van der Waals surface area contributed by atoms with E-state index >= 15 is 0 Å². The first-order valence-corrected chi connectivity index (χ1v) is 8.46. The van der Waals surface area contributed by atoms with E-state index in [2.05, 4.69) is 25.0 Å². The Morgan fingerprint density at radius 2 is 2.19 bits per heavy atom. The number of carbonyl (C=O) groups is 1. The van der Waals surface area contributed by atoms with Crippen LogP contribution in [0.5, 0.6) is 0 Å². The van der Waals surface area contributed by atoms with Gasteiger partial charge in [-0.15, -0.1) is 0 Å². The second kappa shape index (κ2) is 8.76. The van der Waals surface area contributed by atoms with Gasteiger partial charge in [0.1, 0.15) is 0 Å². The second-order valence-electron chi connectivity index (χ2n) is 5.10. The molecule has 0 saturated carbocycles. The highest BCUT2D eigenvalue weighted by Gasteiger charge is 2.19. The van der Waals surface area contributed by atoms with E-state index in [9.17, 15) is 4.79 Å². The molecule has 0 saturated heterocycles. The van der Waals surface area contributed by atoms with Gasteiger partial charge in [-0.05, 0) is 50.0 Å². The molecule has 2 N–H and O–H groups in total. The molecule has 0 spiro atoms. The number of thioether (sulfide) groups is 1. The van der Waals surface area contributed by atoms with Crippen LogP contribution in [0.3, 0.4) is 0 Å². The van der Waals surface area contributed by atoms with E-state index in [4.69, 9.17) is 5.73 Å². The smallest absolute Gasteiger partial charge is 0.255 e. The summed E-state index contributed by atoms with van der Waals surface area (Å²) in [5.41, 5.74) is 7.93. The van der Waals surface area contributed by atoms with Gasteiger partial charge in [0, 0.05) is 18.7 Å². The van der Waals surface area contributed by atoms with Crippen molar-refractivity contribution in [2.75, 3.05) is 25.6 Å². The Kier molecular flexibility index (Phi) is 7.35. The molecular weight excluding hydrogens is 280 g/mol. The van der Waals surface area contributed by atoms with Crippen molar-refractivity contribution in [3.63, 3.8) is 0 Å². The first-order chi connectivity index (χ1) is 10.0. The lowest BCUT2D eigenvalue weighted by Gasteiger charge is -2.25. The van der Waals surface area contributed by atoms with Gasteiger partial charge in [0.25, 0.3) is 5.91 Å². The third kappa shape index (κ3) is 5.11. The van der Waals surface area contributed by atoms with Crippen LogP contribution in [0.2, 0.25) is 0 Å². The molecule has 0 fully saturated rings. The van der Waals surface area contributed by atoms with Crippen molar-refractivity contribution >= 4 is 17.7 Å². The quantitative estimate of drug-likeness (QED) is 0.850. The number of aryl methyl sites for hydroxylation is 1. The molecule has 114 valence electrons. The number of amides is 1. The van der Waals surface area contributed by atoms with Gasteiger partial charge in [0.05, 0.1) is 12.1 Å². The van der Waals surface area contributed by atoms with Crippen molar-refractivity contribution in [3.8, 4) is 11.8 Å². The normalized spacial score (nSPS) is 11.5. The van der Waals surface area contributed by atoms with Crippen LogP contribution in [0, 0.1) is 18.8 Å². The fourth-order valence-corrected chi connectivity index (χ4v) is 2.54. The van der Waals surface area contributed by atoms with Gasteiger partial charge in [0.2, 0.25) is 0 Å². The first kappa shape index (κ1) is 17.6. The molecule has 1 rings (SSSR count). The molecule has 4 heteroatoms. The summed E-state index contributed by atoms with van der Waals surface area (Å²) in [6.07, 6.45) is 3.06. The summed E-state index contributed by atoms with van der Waals surface area (Å²) >= 11 is 1.80. The van der Waals surface area contributed by atoms with Crippen LogP contribution in [0.4, 0.5) is 0 Å². The van der Waals surface area contributed by atoms with Crippen molar-refractivity contribution in [2.24, 2.45) is 5.73 Å². The maximum absolute atomic E-state index is 12.7. The molecule has 1 aromatic carbocycles. The Morgan fingerprint density at radius 3 is 2.81 bits per heavy atom. The number of benzene rings is 1. The average molecular weight is 304 g/mol. The van der Waals surface area contributed by atoms with Crippen LogP contribution < -0.4 is 5.73 Å². The highest BCUT2D eigenvalue weighted by atomic mass is 32.2. The number of rotatable bonds is 5. The van der Waals surface area contributed by atoms with Crippen LogP contribution in [0.1, 0.15) is 34.8 Å². The summed E-state index contributed by atoms with van der Waals surface area (Å²) in [6.45, 7) is 4.36. The average Bonchev–Trinajstić information content (AvgIpc) is 2.49. The Labute approximate surface area is 132 Å². The maximum atomic E-state index is 12.7. The fraction of sp³-hybridized carbons (Fsp3) is 0.471. The molecule has 0 radical (unpaired) electrons. The van der Waals surface area contributed by atoms with Crippen molar-refractivity contribution in [1.82, 2.24) is 4.90 Å². The van der Waals surface area contributed by atoms with Crippen molar-refractivity contribution in [1.29, 1.82) is 0 Å². The molecule has 1 aromatic rings. The summed E-state index contributed by atoms with van der Waals surface area (Å²) in [5, 5.41) is 0. The molecule has 21 heavy (non-hydrogen) atoms. The standard InChI is InChI=1S/C17H24N2OS/c1-13-7-8-16(15(12-13)6-5-10-18)17(20)19(3)14(2)9-11-21-4/h7-8,12,14H,9-11,18H2,1-4H3. The minimum absolute atomic E-state index is 0.0184. The van der Waals surface area contributed by atoms with Gasteiger partial charge >= 0.3 is 0 Å². The molecular formula is C17H24N2OS. The predicted molar refractivity (Wildman–Crippen MR) is 91.7 cm³/mol. The Bertz CT molecular complexity index is 545. The van der Waals surface area contributed by atoms with E-state index in [-0.39, 0.29) is 11.9 Å². The predicted octanol–water partition coefficient (Wildman–Crippen LogP) is 2.52. The highest BCUT2D eigenvalue weighted by Crippen LogP contribution is 2.16. The van der Waals surface area contributed by atoms with Crippen molar-refractivity contribution in [2.45, 2.75) is 26.3 Å². The Hall–Kier alpha value is -1.44. The van der Waals surface area contributed by atoms with E-state index in [1.54, 1.807) is 16.7 Å². The number of hydrogen-bond acceptors (Lipinski definition) is 3.